The fraction of sp³-hybridized carbons (Fsp3) is 0.333. The molecule has 0 aliphatic carbocycles. The molecule has 0 N–H and O–H groups in total. The normalized spacial score (nSPS) is 11.4. The molecule has 0 fully saturated rings. The van der Waals surface area contributed by atoms with Gasteiger partial charge in [0.25, 0.3) is 0 Å². The Hall–Kier alpha value is -0.960. The van der Waals surface area contributed by atoms with Crippen LogP contribution in [0.4, 0.5) is 0 Å². The van der Waals surface area contributed by atoms with Gasteiger partial charge in [0, 0.05) is 6.42 Å². The van der Waals surface area contributed by atoms with Crippen LogP contribution < -0.4 is 0 Å². The van der Waals surface area contributed by atoms with Crippen molar-refractivity contribution in [1.82, 2.24) is 0 Å². The summed E-state index contributed by atoms with van der Waals surface area (Å²) < 4.78 is 0. The van der Waals surface area contributed by atoms with Crippen LogP contribution >= 0.6 is 0 Å². The zero-order valence-electron chi connectivity index (χ0n) is 5.64. The van der Waals surface area contributed by atoms with Gasteiger partial charge in [-0.3, -0.25) is 0 Å². The first-order valence-electron chi connectivity index (χ1n) is 3.02. The van der Waals surface area contributed by atoms with Crippen LogP contribution in [-0.4, -0.2) is 0 Å². The lowest BCUT2D eigenvalue weighted by Crippen LogP contribution is -1.90. The van der Waals surface area contributed by atoms with E-state index < -0.39 is 0 Å². The first kappa shape index (κ1) is 8.04. The summed E-state index contributed by atoms with van der Waals surface area (Å²) in [4.78, 5) is 0. The molecule has 0 bridgehead atoms. The molecule has 48 valence electrons. The molecule has 0 amide bonds. The van der Waals surface area contributed by atoms with Crippen molar-refractivity contribution in [3.63, 3.8) is 0 Å². The van der Waals surface area contributed by atoms with Crippen molar-refractivity contribution in [1.29, 1.82) is 0 Å². The van der Waals surface area contributed by atoms with Crippen LogP contribution in [0, 0.1) is 18.3 Å². The van der Waals surface area contributed by atoms with Crippen molar-refractivity contribution in [3.8, 4) is 12.3 Å². The van der Waals surface area contributed by atoms with Crippen LogP contribution in [0.25, 0.3) is 0 Å². The third kappa shape index (κ3) is 3.61. The van der Waals surface area contributed by atoms with Gasteiger partial charge in [0.1, 0.15) is 0 Å². The van der Waals surface area contributed by atoms with Gasteiger partial charge in [0.05, 0.1) is 0 Å². The van der Waals surface area contributed by atoms with Crippen molar-refractivity contribution in [2.45, 2.75) is 12.8 Å². The number of hydrogen-bond donors (Lipinski definition) is 0. The molecule has 0 radical (unpaired) electrons. The summed E-state index contributed by atoms with van der Waals surface area (Å²) >= 11 is 0. The monoisotopic (exact) mass is 120 g/mol. The largest absolute Gasteiger partial charge is 0.120 e. The summed E-state index contributed by atoms with van der Waals surface area (Å²) in [6, 6.07) is 0. The van der Waals surface area contributed by atoms with Crippen LogP contribution in [0.1, 0.15) is 12.8 Å². The summed E-state index contributed by atoms with van der Waals surface area (Å²) in [6.07, 6.45) is 10.6. The van der Waals surface area contributed by atoms with Gasteiger partial charge in [-0.05, 0) is 12.3 Å². The minimum absolute atomic E-state index is 0.424. The maximum Gasteiger partial charge on any atom is 0.0152 e. The molecule has 0 nitrogen and oxygen atoms in total. The first-order chi connectivity index (χ1) is 4.35. The average Bonchev–Trinajstić information content (AvgIpc) is 1.88. The van der Waals surface area contributed by atoms with Crippen molar-refractivity contribution in [2.75, 3.05) is 0 Å². The van der Waals surface area contributed by atoms with E-state index in [2.05, 4.69) is 19.1 Å². The Morgan fingerprint density at radius 2 is 2.22 bits per heavy atom. The Bertz CT molecular complexity index is 125. The highest BCUT2D eigenvalue weighted by atomic mass is 14.0. The molecule has 0 saturated heterocycles. The number of terminal acetylenes is 1. The molecule has 1 unspecified atom stereocenters. The van der Waals surface area contributed by atoms with Crippen molar-refractivity contribution >= 4 is 0 Å². The second-order valence-corrected chi connectivity index (χ2v) is 1.93. The van der Waals surface area contributed by atoms with Crippen molar-refractivity contribution in [2.24, 2.45) is 5.92 Å². The second-order valence-electron chi connectivity index (χ2n) is 1.93. The van der Waals surface area contributed by atoms with E-state index in [1.54, 1.807) is 0 Å². The van der Waals surface area contributed by atoms with Gasteiger partial charge in [-0.1, -0.05) is 12.2 Å². The Morgan fingerprint density at radius 3 is 2.56 bits per heavy atom. The summed E-state index contributed by atoms with van der Waals surface area (Å²) in [5, 5.41) is 0. The molecule has 0 heterocycles. The average molecular weight is 120 g/mol. The zero-order valence-corrected chi connectivity index (χ0v) is 5.64. The predicted molar refractivity (Wildman–Crippen MR) is 42.0 cm³/mol. The lowest BCUT2D eigenvalue weighted by atomic mass is 10.0. The number of hydrogen-bond acceptors (Lipinski definition) is 0. The van der Waals surface area contributed by atoms with E-state index in [0.29, 0.717) is 5.92 Å². The van der Waals surface area contributed by atoms with Crippen LogP contribution in [0.15, 0.2) is 25.3 Å². The van der Waals surface area contributed by atoms with E-state index in [9.17, 15) is 0 Å². The number of allylic oxidation sites excluding steroid dienone is 2. The maximum atomic E-state index is 5.10. The Kier molecular flexibility index (Phi) is 4.63. The molecule has 0 spiro atoms. The third-order valence-corrected chi connectivity index (χ3v) is 1.18. The molecular weight excluding hydrogens is 108 g/mol. The molecule has 0 aliphatic rings. The molecule has 0 saturated carbocycles. The topological polar surface area (TPSA) is 0 Å². The van der Waals surface area contributed by atoms with Gasteiger partial charge >= 0.3 is 0 Å². The smallest absolute Gasteiger partial charge is 0.0152 e. The van der Waals surface area contributed by atoms with Gasteiger partial charge in [0.2, 0.25) is 0 Å². The van der Waals surface area contributed by atoms with E-state index in [1.165, 1.54) is 0 Å². The first-order valence-corrected chi connectivity index (χ1v) is 3.02. The molecule has 0 heteroatoms. The summed E-state index contributed by atoms with van der Waals surface area (Å²) in [5.74, 6) is 3.01. The van der Waals surface area contributed by atoms with Crippen molar-refractivity contribution < 1.29 is 0 Å². The summed E-state index contributed by atoms with van der Waals surface area (Å²) in [5.41, 5.74) is 0. The summed E-state index contributed by atoms with van der Waals surface area (Å²) in [6.45, 7) is 7.27. The SMILES string of the molecule is C#CCC(C=C)CC=C. The van der Waals surface area contributed by atoms with Gasteiger partial charge in [0.15, 0.2) is 0 Å². The molecule has 0 aromatic carbocycles. The van der Waals surface area contributed by atoms with Crippen LogP contribution in [0.3, 0.4) is 0 Å². The van der Waals surface area contributed by atoms with E-state index in [-0.39, 0.29) is 0 Å². The Morgan fingerprint density at radius 1 is 1.56 bits per heavy atom. The molecule has 9 heavy (non-hydrogen) atoms. The third-order valence-electron chi connectivity index (χ3n) is 1.18. The Balaban J connectivity index is 3.56. The lowest BCUT2D eigenvalue weighted by Gasteiger charge is -2.02. The highest BCUT2D eigenvalue weighted by Gasteiger charge is 1.96. The van der Waals surface area contributed by atoms with E-state index in [4.69, 9.17) is 6.42 Å². The lowest BCUT2D eigenvalue weighted by molar-refractivity contribution is 0.690. The molecule has 0 aliphatic heterocycles. The quantitative estimate of drug-likeness (QED) is 0.394. The van der Waals surface area contributed by atoms with Crippen molar-refractivity contribution in [3.05, 3.63) is 25.3 Å². The van der Waals surface area contributed by atoms with Gasteiger partial charge in [-0.15, -0.1) is 25.5 Å². The van der Waals surface area contributed by atoms with E-state index in [1.807, 2.05) is 12.2 Å². The van der Waals surface area contributed by atoms with Crippen LogP contribution in [-0.2, 0) is 0 Å². The molecule has 0 rings (SSSR count). The van der Waals surface area contributed by atoms with Gasteiger partial charge in [-0.25, -0.2) is 0 Å². The number of rotatable bonds is 4. The highest BCUT2D eigenvalue weighted by molar-refractivity contribution is 4.95. The highest BCUT2D eigenvalue weighted by Crippen LogP contribution is 2.08. The van der Waals surface area contributed by atoms with E-state index in [0.717, 1.165) is 12.8 Å². The zero-order chi connectivity index (χ0) is 7.11. The van der Waals surface area contributed by atoms with Crippen LogP contribution in [0.5, 0.6) is 0 Å². The minimum atomic E-state index is 0.424. The van der Waals surface area contributed by atoms with Crippen LogP contribution in [0.2, 0.25) is 0 Å². The maximum absolute atomic E-state index is 5.10. The fourth-order valence-electron chi connectivity index (χ4n) is 0.628. The molecule has 0 aromatic heterocycles. The van der Waals surface area contributed by atoms with E-state index >= 15 is 0 Å². The molecular formula is C9H12. The minimum Gasteiger partial charge on any atom is -0.120 e. The van der Waals surface area contributed by atoms with Gasteiger partial charge < -0.3 is 0 Å². The van der Waals surface area contributed by atoms with Gasteiger partial charge in [-0.2, -0.15) is 0 Å². The molecule has 1 atom stereocenters. The standard InChI is InChI=1S/C9H12/c1-4-7-9(6-3)8-5-2/h1,5-6,9H,2-3,7-8H2. The Labute approximate surface area is 57.3 Å². The predicted octanol–water partition coefficient (Wildman–Crippen LogP) is 2.39. The second kappa shape index (κ2) is 5.18. The fourth-order valence-corrected chi connectivity index (χ4v) is 0.628. The molecule has 0 aromatic rings. The summed E-state index contributed by atoms with van der Waals surface area (Å²) in [7, 11) is 0.